The number of benzene rings is 1. The lowest BCUT2D eigenvalue weighted by molar-refractivity contribution is 0.406. The summed E-state index contributed by atoms with van der Waals surface area (Å²) in [7, 11) is 0. The van der Waals surface area contributed by atoms with Crippen LogP contribution in [0.25, 0.3) is 0 Å². The van der Waals surface area contributed by atoms with E-state index in [9.17, 15) is 5.11 Å². The summed E-state index contributed by atoms with van der Waals surface area (Å²) in [6.45, 7) is 0.584. The van der Waals surface area contributed by atoms with Crippen LogP contribution in [0.4, 0.5) is 0 Å². The number of phenolic OH excluding ortho intramolecular Hbond substituents is 1. The number of hydrogen-bond acceptors (Lipinski definition) is 2. The van der Waals surface area contributed by atoms with Crippen LogP contribution in [0, 0.1) is 0 Å². The minimum Gasteiger partial charge on any atom is -0.508 e. The molecule has 0 amide bonds. The standard InChI is InChI=1S/C12H16ClNO/c13-9-3-4-11(15)10(7-9)12(8-14)5-1-2-6-12/h3-4,7,15H,1-2,5-6,8,14H2. The Labute approximate surface area is 95.1 Å². The van der Waals surface area contributed by atoms with Gasteiger partial charge in [-0.25, -0.2) is 0 Å². The molecule has 0 aromatic heterocycles. The summed E-state index contributed by atoms with van der Waals surface area (Å²) in [5.41, 5.74) is 6.74. The zero-order valence-corrected chi connectivity index (χ0v) is 9.43. The normalized spacial score (nSPS) is 19.3. The van der Waals surface area contributed by atoms with Gasteiger partial charge in [0.25, 0.3) is 0 Å². The molecule has 0 unspecified atom stereocenters. The van der Waals surface area contributed by atoms with Gasteiger partial charge in [0.1, 0.15) is 5.75 Å². The molecule has 15 heavy (non-hydrogen) atoms. The Balaban J connectivity index is 2.46. The monoisotopic (exact) mass is 225 g/mol. The number of nitrogens with two attached hydrogens (primary N) is 1. The Morgan fingerprint density at radius 1 is 1.33 bits per heavy atom. The van der Waals surface area contributed by atoms with E-state index in [-0.39, 0.29) is 5.41 Å². The van der Waals surface area contributed by atoms with Crippen LogP contribution in [0.1, 0.15) is 31.2 Å². The van der Waals surface area contributed by atoms with Gasteiger partial charge in [-0.1, -0.05) is 24.4 Å². The van der Waals surface area contributed by atoms with Crippen molar-refractivity contribution < 1.29 is 5.11 Å². The number of hydrogen-bond donors (Lipinski definition) is 2. The second-order valence-electron chi connectivity index (χ2n) is 4.35. The highest BCUT2D eigenvalue weighted by molar-refractivity contribution is 6.30. The molecule has 0 heterocycles. The molecule has 2 nitrogen and oxygen atoms in total. The first-order valence-electron chi connectivity index (χ1n) is 5.37. The summed E-state index contributed by atoms with van der Waals surface area (Å²) >= 11 is 5.96. The summed E-state index contributed by atoms with van der Waals surface area (Å²) in [5.74, 6) is 0.326. The molecule has 0 saturated heterocycles. The van der Waals surface area contributed by atoms with E-state index in [4.69, 9.17) is 17.3 Å². The fourth-order valence-corrected chi connectivity index (χ4v) is 2.74. The largest absolute Gasteiger partial charge is 0.508 e. The molecule has 0 bridgehead atoms. The van der Waals surface area contributed by atoms with Crippen LogP contribution in [0.3, 0.4) is 0 Å². The van der Waals surface area contributed by atoms with Crippen molar-refractivity contribution in [1.82, 2.24) is 0 Å². The molecule has 1 aromatic rings. The molecule has 1 aliphatic carbocycles. The molecule has 0 aliphatic heterocycles. The van der Waals surface area contributed by atoms with E-state index in [2.05, 4.69) is 0 Å². The lowest BCUT2D eigenvalue weighted by Crippen LogP contribution is -2.32. The Morgan fingerprint density at radius 2 is 2.00 bits per heavy atom. The van der Waals surface area contributed by atoms with Crippen molar-refractivity contribution in [3.05, 3.63) is 28.8 Å². The van der Waals surface area contributed by atoms with Gasteiger partial charge >= 0.3 is 0 Å². The van der Waals surface area contributed by atoms with E-state index in [1.807, 2.05) is 6.07 Å². The second-order valence-corrected chi connectivity index (χ2v) is 4.79. The molecule has 0 radical (unpaired) electrons. The van der Waals surface area contributed by atoms with Crippen LogP contribution in [-0.2, 0) is 5.41 Å². The smallest absolute Gasteiger partial charge is 0.119 e. The van der Waals surface area contributed by atoms with E-state index in [1.165, 1.54) is 12.8 Å². The van der Waals surface area contributed by atoms with Gasteiger partial charge in [0, 0.05) is 22.5 Å². The number of phenols is 1. The quantitative estimate of drug-likeness (QED) is 0.813. The second kappa shape index (κ2) is 4.03. The Morgan fingerprint density at radius 3 is 2.60 bits per heavy atom. The molecule has 3 heteroatoms. The SMILES string of the molecule is NCC1(c2cc(Cl)ccc2O)CCCC1. The van der Waals surface area contributed by atoms with Gasteiger partial charge < -0.3 is 10.8 Å². The molecule has 1 fully saturated rings. The van der Waals surface area contributed by atoms with Crippen molar-refractivity contribution in [3.8, 4) is 5.75 Å². The number of aromatic hydroxyl groups is 1. The summed E-state index contributed by atoms with van der Waals surface area (Å²) in [6.07, 6.45) is 4.47. The third-order valence-electron chi connectivity index (χ3n) is 3.48. The van der Waals surface area contributed by atoms with Crippen LogP contribution in [-0.4, -0.2) is 11.7 Å². The third-order valence-corrected chi connectivity index (χ3v) is 3.72. The number of rotatable bonds is 2. The van der Waals surface area contributed by atoms with Crippen LogP contribution < -0.4 is 5.73 Å². The van der Waals surface area contributed by atoms with Crippen molar-refractivity contribution in [3.63, 3.8) is 0 Å². The fraction of sp³-hybridized carbons (Fsp3) is 0.500. The molecule has 2 rings (SSSR count). The molecular weight excluding hydrogens is 210 g/mol. The molecular formula is C12H16ClNO. The van der Waals surface area contributed by atoms with Gasteiger partial charge in [-0.3, -0.25) is 0 Å². The first-order chi connectivity index (χ1) is 7.18. The summed E-state index contributed by atoms with van der Waals surface area (Å²) in [5, 5.41) is 10.5. The molecule has 0 atom stereocenters. The topological polar surface area (TPSA) is 46.2 Å². The highest BCUT2D eigenvalue weighted by Crippen LogP contribution is 2.44. The van der Waals surface area contributed by atoms with E-state index < -0.39 is 0 Å². The van der Waals surface area contributed by atoms with Crippen molar-refractivity contribution in [2.75, 3.05) is 6.54 Å². The van der Waals surface area contributed by atoms with E-state index >= 15 is 0 Å². The van der Waals surface area contributed by atoms with E-state index in [1.54, 1.807) is 12.1 Å². The van der Waals surface area contributed by atoms with Gasteiger partial charge in [-0.2, -0.15) is 0 Å². The van der Waals surface area contributed by atoms with Crippen LogP contribution in [0.5, 0.6) is 5.75 Å². The molecule has 82 valence electrons. The van der Waals surface area contributed by atoms with Gasteiger partial charge in [-0.15, -0.1) is 0 Å². The molecule has 0 spiro atoms. The lowest BCUT2D eigenvalue weighted by Gasteiger charge is -2.28. The van der Waals surface area contributed by atoms with Crippen LogP contribution >= 0.6 is 11.6 Å². The van der Waals surface area contributed by atoms with Crippen LogP contribution in [0.15, 0.2) is 18.2 Å². The van der Waals surface area contributed by atoms with Gasteiger partial charge in [-0.05, 0) is 31.0 Å². The molecule has 3 N–H and O–H groups in total. The first-order valence-corrected chi connectivity index (χ1v) is 5.75. The zero-order valence-electron chi connectivity index (χ0n) is 8.67. The third kappa shape index (κ3) is 1.84. The van der Waals surface area contributed by atoms with Crippen molar-refractivity contribution in [2.45, 2.75) is 31.1 Å². The summed E-state index contributed by atoms with van der Waals surface area (Å²) in [6, 6.07) is 5.22. The van der Waals surface area contributed by atoms with Crippen molar-refractivity contribution >= 4 is 11.6 Å². The maximum Gasteiger partial charge on any atom is 0.119 e. The zero-order chi connectivity index (χ0) is 10.9. The van der Waals surface area contributed by atoms with Gasteiger partial charge in [0.15, 0.2) is 0 Å². The molecule has 1 saturated carbocycles. The van der Waals surface area contributed by atoms with E-state index in [0.29, 0.717) is 17.3 Å². The average molecular weight is 226 g/mol. The Kier molecular flexibility index (Phi) is 2.89. The van der Waals surface area contributed by atoms with Gasteiger partial charge in [0.2, 0.25) is 0 Å². The maximum absolute atomic E-state index is 9.88. The minimum atomic E-state index is -0.0466. The van der Waals surface area contributed by atoms with Gasteiger partial charge in [0.05, 0.1) is 0 Å². The highest BCUT2D eigenvalue weighted by atomic mass is 35.5. The lowest BCUT2D eigenvalue weighted by atomic mass is 9.78. The Hall–Kier alpha value is -0.730. The predicted octanol–water partition coefficient (Wildman–Crippen LogP) is 2.82. The summed E-state index contributed by atoms with van der Waals surface area (Å²) < 4.78 is 0. The predicted molar refractivity (Wildman–Crippen MR) is 62.3 cm³/mol. The highest BCUT2D eigenvalue weighted by Gasteiger charge is 2.36. The van der Waals surface area contributed by atoms with Crippen molar-refractivity contribution in [1.29, 1.82) is 0 Å². The average Bonchev–Trinajstić information content (AvgIpc) is 2.71. The maximum atomic E-state index is 9.88. The van der Waals surface area contributed by atoms with Crippen molar-refractivity contribution in [2.24, 2.45) is 5.73 Å². The fourth-order valence-electron chi connectivity index (χ4n) is 2.57. The summed E-state index contributed by atoms with van der Waals surface area (Å²) in [4.78, 5) is 0. The first kappa shape index (κ1) is 10.8. The van der Waals surface area contributed by atoms with Crippen LogP contribution in [0.2, 0.25) is 5.02 Å². The van der Waals surface area contributed by atoms with E-state index in [0.717, 1.165) is 18.4 Å². The Bertz CT molecular complexity index is 359. The molecule has 1 aliphatic rings. The molecule has 1 aromatic carbocycles. The minimum absolute atomic E-state index is 0.0466. The number of halogens is 1.